The number of alkyl halides is 3. The first kappa shape index (κ1) is 19.2. The lowest BCUT2D eigenvalue weighted by molar-refractivity contribution is -0.274. The molecule has 3 nitrogen and oxygen atoms in total. The van der Waals surface area contributed by atoms with Crippen molar-refractivity contribution in [3.8, 4) is 5.75 Å². The van der Waals surface area contributed by atoms with Crippen LogP contribution < -0.4 is 10.1 Å². The first-order chi connectivity index (χ1) is 11.7. The normalized spacial score (nSPS) is 11.5. The maximum atomic E-state index is 12.5. The van der Waals surface area contributed by atoms with Crippen molar-refractivity contribution >= 4 is 23.4 Å². The molecule has 134 valence electrons. The minimum atomic E-state index is -4.75. The molecule has 2 aromatic carbocycles. The van der Waals surface area contributed by atoms with Gasteiger partial charge in [-0.2, -0.15) is 0 Å². The van der Waals surface area contributed by atoms with E-state index < -0.39 is 6.36 Å². The molecule has 1 N–H and O–H groups in total. The lowest BCUT2D eigenvalue weighted by Gasteiger charge is -2.14. The fourth-order valence-corrected chi connectivity index (χ4v) is 3.13. The Labute approximate surface area is 148 Å². The van der Waals surface area contributed by atoms with E-state index in [0.29, 0.717) is 22.1 Å². The number of carbonyl (C=O) groups is 1. The van der Waals surface area contributed by atoms with Crippen LogP contribution in [0.1, 0.15) is 29.8 Å². The lowest BCUT2D eigenvalue weighted by Crippen LogP contribution is -2.17. The van der Waals surface area contributed by atoms with Crippen LogP contribution >= 0.6 is 11.8 Å². The van der Waals surface area contributed by atoms with Gasteiger partial charge in [0, 0.05) is 15.8 Å². The van der Waals surface area contributed by atoms with Crippen molar-refractivity contribution in [3.05, 3.63) is 53.6 Å². The summed E-state index contributed by atoms with van der Waals surface area (Å²) in [5.41, 5.74) is 1.43. The number of carbonyl (C=O) groups excluding carboxylic acids is 1. The van der Waals surface area contributed by atoms with E-state index in [2.05, 4.69) is 10.1 Å². The highest BCUT2D eigenvalue weighted by molar-refractivity contribution is 8.00. The van der Waals surface area contributed by atoms with E-state index in [9.17, 15) is 18.0 Å². The SMILES string of the molecule is Cc1cc(OC(F)(F)F)ccc1NC(=O)c1ccccc1SC(C)C. The van der Waals surface area contributed by atoms with Gasteiger partial charge in [-0.15, -0.1) is 24.9 Å². The Morgan fingerprint density at radius 3 is 2.44 bits per heavy atom. The molecule has 1 amide bonds. The van der Waals surface area contributed by atoms with Crippen LogP contribution in [0.3, 0.4) is 0 Å². The van der Waals surface area contributed by atoms with Crippen molar-refractivity contribution in [2.45, 2.75) is 37.3 Å². The molecular weight excluding hydrogens is 351 g/mol. The van der Waals surface area contributed by atoms with Crippen molar-refractivity contribution in [3.63, 3.8) is 0 Å². The van der Waals surface area contributed by atoms with Crippen LogP contribution in [0.15, 0.2) is 47.4 Å². The molecule has 25 heavy (non-hydrogen) atoms. The molecule has 0 radical (unpaired) electrons. The van der Waals surface area contributed by atoms with E-state index in [1.54, 1.807) is 30.8 Å². The summed E-state index contributed by atoms with van der Waals surface area (Å²) in [5, 5.41) is 3.06. The first-order valence-corrected chi connectivity index (χ1v) is 8.47. The summed E-state index contributed by atoms with van der Waals surface area (Å²) >= 11 is 1.57. The summed E-state index contributed by atoms with van der Waals surface area (Å²) in [5.74, 6) is -0.630. The van der Waals surface area contributed by atoms with Gasteiger partial charge in [-0.25, -0.2) is 0 Å². The smallest absolute Gasteiger partial charge is 0.406 e. The minimum Gasteiger partial charge on any atom is -0.406 e. The summed E-state index contributed by atoms with van der Waals surface area (Å²) in [6.45, 7) is 5.67. The highest BCUT2D eigenvalue weighted by atomic mass is 32.2. The number of aryl methyl sites for hydroxylation is 1. The van der Waals surface area contributed by atoms with Crippen molar-refractivity contribution in [1.29, 1.82) is 0 Å². The predicted molar refractivity (Wildman–Crippen MR) is 93.3 cm³/mol. The van der Waals surface area contributed by atoms with E-state index in [1.807, 2.05) is 26.0 Å². The van der Waals surface area contributed by atoms with Gasteiger partial charge in [-0.1, -0.05) is 26.0 Å². The Hall–Kier alpha value is -2.15. The fraction of sp³-hybridized carbons (Fsp3) is 0.278. The second-order valence-corrected chi connectivity index (χ2v) is 7.26. The first-order valence-electron chi connectivity index (χ1n) is 7.59. The molecule has 0 bridgehead atoms. The van der Waals surface area contributed by atoms with E-state index in [-0.39, 0.29) is 11.7 Å². The van der Waals surface area contributed by atoms with Crippen LogP contribution in [0, 0.1) is 6.92 Å². The monoisotopic (exact) mass is 369 g/mol. The molecule has 0 spiro atoms. The number of halogens is 3. The molecule has 0 aliphatic rings. The van der Waals surface area contributed by atoms with Gasteiger partial charge in [0.05, 0.1) is 5.56 Å². The van der Waals surface area contributed by atoms with E-state index in [1.165, 1.54) is 18.2 Å². The molecule has 2 rings (SSSR count). The van der Waals surface area contributed by atoms with Gasteiger partial charge in [-0.3, -0.25) is 4.79 Å². The molecule has 0 heterocycles. The zero-order valence-corrected chi connectivity index (χ0v) is 14.8. The third-order valence-electron chi connectivity index (χ3n) is 3.17. The lowest BCUT2D eigenvalue weighted by atomic mass is 10.1. The molecule has 0 saturated carbocycles. The minimum absolute atomic E-state index is 0.309. The Balaban J connectivity index is 2.19. The molecule has 0 saturated heterocycles. The summed E-state index contributed by atoms with van der Waals surface area (Å²) in [6, 6.07) is 11.0. The second-order valence-electron chi connectivity index (χ2n) is 5.64. The zero-order valence-electron chi connectivity index (χ0n) is 14.0. The summed E-state index contributed by atoms with van der Waals surface area (Å²) < 4.78 is 40.7. The van der Waals surface area contributed by atoms with E-state index >= 15 is 0 Å². The number of hydrogen-bond acceptors (Lipinski definition) is 3. The number of ether oxygens (including phenoxy) is 1. The Morgan fingerprint density at radius 2 is 1.84 bits per heavy atom. The Bertz CT molecular complexity index is 760. The molecule has 0 atom stereocenters. The number of rotatable bonds is 5. The van der Waals surface area contributed by atoms with Crippen LogP contribution in [0.4, 0.5) is 18.9 Å². The van der Waals surface area contributed by atoms with Gasteiger partial charge in [0.1, 0.15) is 5.75 Å². The van der Waals surface area contributed by atoms with Gasteiger partial charge in [0.2, 0.25) is 0 Å². The third kappa shape index (κ3) is 5.70. The quantitative estimate of drug-likeness (QED) is 0.693. The molecule has 2 aromatic rings. The number of benzene rings is 2. The van der Waals surface area contributed by atoms with Gasteiger partial charge in [0.25, 0.3) is 5.91 Å². The number of anilines is 1. The summed E-state index contributed by atoms with van der Waals surface area (Å²) in [7, 11) is 0. The molecule has 0 fully saturated rings. The molecule has 0 aromatic heterocycles. The van der Waals surface area contributed by atoms with Crippen LogP contribution in [0.2, 0.25) is 0 Å². The number of amides is 1. The molecule has 0 aliphatic heterocycles. The fourth-order valence-electron chi connectivity index (χ4n) is 2.17. The standard InChI is InChI=1S/C18H18F3NO2S/c1-11(2)25-16-7-5-4-6-14(16)17(23)22-15-9-8-13(10-12(15)3)24-18(19,20)21/h4-11H,1-3H3,(H,22,23). The van der Waals surface area contributed by atoms with Crippen molar-refractivity contribution in [1.82, 2.24) is 0 Å². The van der Waals surface area contributed by atoms with Crippen molar-refractivity contribution in [2.24, 2.45) is 0 Å². The van der Waals surface area contributed by atoms with Crippen LogP contribution in [0.25, 0.3) is 0 Å². The Kier molecular flexibility index (Phi) is 6.00. The number of thioether (sulfide) groups is 1. The van der Waals surface area contributed by atoms with Gasteiger partial charge < -0.3 is 10.1 Å². The topological polar surface area (TPSA) is 38.3 Å². The predicted octanol–water partition coefficient (Wildman–Crippen LogP) is 5.65. The molecule has 7 heteroatoms. The van der Waals surface area contributed by atoms with Crippen LogP contribution in [-0.2, 0) is 0 Å². The molecular formula is C18H18F3NO2S. The molecule has 0 unspecified atom stereocenters. The second kappa shape index (κ2) is 7.82. The van der Waals surface area contributed by atoms with Crippen molar-refractivity contribution < 1.29 is 22.7 Å². The largest absolute Gasteiger partial charge is 0.573 e. The van der Waals surface area contributed by atoms with Crippen molar-refractivity contribution in [2.75, 3.05) is 5.32 Å². The Morgan fingerprint density at radius 1 is 1.16 bits per heavy atom. The summed E-state index contributed by atoms with van der Waals surface area (Å²) in [6.07, 6.45) is -4.75. The van der Waals surface area contributed by atoms with Crippen LogP contribution in [0.5, 0.6) is 5.75 Å². The van der Waals surface area contributed by atoms with Gasteiger partial charge >= 0.3 is 6.36 Å². The zero-order chi connectivity index (χ0) is 18.6. The number of nitrogens with one attached hydrogen (secondary N) is 1. The maximum absolute atomic E-state index is 12.5. The van der Waals surface area contributed by atoms with Gasteiger partial charge in [-0.05, 0) is 42.8 Å². The third-order valence-corrected chi connectivity index (χ3v) is 4.26. The maximum Gasteiger partial charge on any atom is 0.573 e. The van der Waals surface area contributed by atoms with Crippen LogP contribution in [-0.4, -0.2) is 17.5 Å². The average Bonchev–Trinajstić information content (AvgIpc) is 2.48. The van der Waals surface area contributed by atoms with Gasteiger partial charge in [0.15, 0.2) is 0 Å². The highest BCUT2D eigenvalue weighted by Crippen LogP contribution is 2.29. The summed E-state index contributed by atoms with van der Waals surface area (Å²) in [4.78, 5) is 13.4. The van der Waals surface area contributed by atoms with E-state index in [0.717, 1.165) is 4.90 Å². The van der Waals surface area contributed by atoms with E-state index in [4.69, 9.17) is 0 Å². The highest BCUT2D eigenvalue weighted by Gasteiger charge is 2.31. The molecule has 0 aliphatic carbocycles. The average molecular weight is 369 g/mol. The number of hydrogen-bond donors (Lipinski definition) is 1.